The number of aliphatic hydroxyl groups is 1. The summed E-state index contributed by atoms with van der Waals surface area (Å²) in [6, 6.07) is -0.187. The maximum atomic E-state index is 10.9. The van der Waals surface area contributed by atoms with Gasteiger partial charge in [-0.1, -0.05) is 0 Å². The Kier molecular flexibility index (Phi) is 4.81. The van der Waals surface area contributed by atoms with Crippen LogP contribution in [-0.4, -0.2) is 65.5 Å². The predicted octanol–water partition coefficient (Wildman–Crippen LogP) is -0.250. The van der Waals surface area contributed by atoms with Gasteiger partial charge in [-0.3, -0.25) is 14.6 Å². The molecule has 1 atom stereocenters. The Morgan fingerprint density at radius 2 is 2.00 bits per heavy atom. The summed E-state index contributed by atoms with van der Waals surface area (Å²) in [4.78, 5) is 15.2. The number of hydrogen-bond acceptors (Lipinski definition) is 4. The third kappa shape index (κ3) is 3.20. The van der Waals surface area contributed by atoms with Gasteiger partial charge in [0.2, 0.25) is 5.24 Å². The summed E-state index contributed by atoms with van der Waals surface area (Å²) in [6.07, 6.45) is 0. The zero-order valence-electron chi connectivity index (χ0n) is 8.45. The molecular formula is C9H17ClN2O2. The molecule has 1 rings (SSSR count). The molecule has 1 fully saturated rings. The molecular weight excluding hydrogens is 204 g/mol. The minimum atomic E-state index is -0.291. The van der Waals surface area contributed by atoms with Gasteiger partial charge in [0.05, 0.1) is 12.6 Å². The molecule has 0 aliphatic carbocycles. The summed E-state index contributed by atoms with van der Waals surface area (Å²) in [5.74, 6) is 0. The molecule has 1 unspecified atom stereocenters. The van der Waals surface area contributed by atoms with E-state index in [4.69, 9.17) is 16.7 Å². The Morgan fingerprint density at radius 1 is 1.43 bits per heavy atom. The van der Waals surface area contributed by atoms with Crippen molar-refractivity contribution >= 4 is 16.8 Å². The van der Waals surface area contributed by atoms with E-state index in [1.165, 1.54) is 0 Å². The number of β-amino-alcohol motifs (C(OH)–C–C–N with tert-alkyl or cyclic N) is 1. The molecule has 1 saturated heterocycles. The van der Waals surface area contributed by atoms with Gasteiger partial charge in [0, 0.05) is 32.7 Å². The van der Waals surface area contributed by atoms with Crippen molar-refractivity contribution in [2.75, 3.05) is 39.3 Å². The van der Waals surface area contributed by atoms with E-state index in [-0.39, 0.29) is 17.9 Å². The van der Waals surface area contributed by atoms with Crippen molar-refractivity contribution in [2.24, 2.45) is 0 Å². The Bertz CT molecular complexity index is 193. The van der Waals surface area contributed by atoms with Gasteiger partial charge in [-0.05, 0) is 18.5 Å². The standard InChI is InChI=1S/C9H17ClN2O2/c1-8(9(10)14)12-4-2-11(3-5-12)6-7-13/h8,13H,2-7H2,1H3. The summed E-state index contributed by atoms with van der Waals surface area (Å²) in [6.45, 7) is 6.24. The minimum absolute atomic E-state index is 0.187. The number of piperazine rings is 1. The van der Waals surface area contributed by atoms with Crippen LogP contribution in [0.4, 0.5) is 0 Å². The summed E-state index contributed by atoms with van der Waals surface area (Å²) in [5, 5.41) is 8.46. The lowest BCUT2D eigenvalue weighted by Crippen LogP contribution is -2.51. The van der Waals surface area contributed by atoms with Crippen LogP contribution in [0.3, 0.4) is 0 Å². The molecule has 1 aliphatic heterocycles. The topological polar surface area (TPSA) is 43.8 Å². The van der Waals surface area contributed by atoms with Gasteiger partial charge >= 0.3 is 0 Å². The zero-order chi connectivity index (χ0) is 10.6. The molecule has 0 amide bonds. The van der Waals surface area contributed by atoms with Crippen LogP contribution in [0.1, 0.15) is 6.92 Å². The summed E-state index contributed by atoms with van der Waals surface area (Å²) >= 11 is 5.42. The SMILES string of the molecule is CC(C(=O)Cl)N1CCN(CCO)CC1. The highest BCUT2D eigenvalue weighted by molar-refractivity contribution is 6.64. The van der Waals surface area contributed by atoms with Gasteiger partial charge in [0.1, 0.15) is 0 Å². The van der Waals surface area contributed by atoms with Gasteiger partial charge < -0.3 is 5.11 Å². The van der Waals surface area contributed by atoms with Crippen molar-refractivity contribution in [3.8, 4) is 0 Å². The lowest BCUT2D eigenvalue weighted by Gasteiger charge is -2.36. The second kappa shape index (κ2) is 5.66. The monoisotopic (exact) mass is 220 g/mol. The van der Waals surface area contributed by atoms with Gasteiger partial charge in [-0.15, -0.1) is 0 Å². The number of carbonyl (C=O) groups excluding carboxylic acids is 1. The van der Waals surface area contributed by atoms with E-state index in [1.54, 1.807) is 0 Å². The quantitative estimate of drug-likeness (QED) is 0.664. The minimum Gasteiger partial charge on any atom is -0.395 e. The molecule has 0 aromatic carbocycles. The fourth-order valence-electron chi connectivity index (χ4n) is 1.66. The van der Waals surface area contributed by atoms with Gasteiger partial charge in [-0.25, -0.2) is 0 Å². The summed E-state index contributed by atoms with van der Waals surface area (Å²) in [7, 11) is 0. The Morgan fingerprint density at radius 3 is 2.43 bits per heavy atom. The van der Waals surface area contributed by atoms with Gasteiger partial charge in [0.25, 0.3) is 0 Å². The Hall–Kier alpha value is -0.160. The fraction of sp³-hybridized carbons (Fsp3) is 0.889. The summed E-state index contributed by atoms with van der Waals surface area (Å²) in [5.41, 5.74) is 0. The van der Waals surface area contributed by atoms with Crippen LogP contribution in [0.2, 0.25) is 0 Å². The van der Waals surface area contributed by atoms with Crippen LogP contribution >= 0.6 is 11.6 Å². The Balaban J connectivity index is 2.31. The lowest BCUT2D eigenvalue weighted by molar-refractivity contribution is -0.116. The second-order valence-electron chi connectivity index (χ2n) is 3.58. The highest BCUT2D eigenvalue weighted by atomic mass is 35.5. The van der Waals surface area contributed by atoms with E-state index >= 15 is 0 Å². The molecule has 0 spiro atoms. The van der Waals surface area contributed by atoms with E-state index in [9.17, 15) is 4.79 Å². The van der Waals surface area contributed by atoms with Crippen molar-refractivity contribution in [1.82, 2.24) is 9.80 Å². The Labute approximate surface area is 89.4 Å². The van der Waals surface area contributed by atoms with E-state index in [0.29, 0.717) is 0 Å². The number of aliphatic hydroxyl groups excluding tert-OH is 1. The highest BCUT2D eigenvalue weighted by Crippen LogP contribution is 2.07. The van der Waals surface area contributed by atoms with Crippen molar-refractivity contribution < 1.29 is 9.90 Å². The average Bonchev–Trinajstić information content (AvgIpc) is 2.18. The molecule has 14 heavy (non-hydrogen) atoms. The van der Waals surface area contributed by atoms with Crippen LogP contribution in [-0.2, 0) is 4.79 Å². The molecule has 1 N–H and O–H groups in total. The first-order valence-electron chi connectivity index (χ1n) is 4.91. The smallest absolute Gasteiger partial charge is 0.238 e. The molecule has 4 nitrogen and oxygen atoms in total. The lowest BCUT2D eigenvalue weighted by atomic mass is 10.2. The third-order valence-corrected chi connectivity index (χ3v) is 3.02. The van der Waals surface area contributed by atoms with Crippen LogP contribution < -0.4 is 0 Å². The first-order chi connectivity index (χ1) is 6.65. The molecule has 0 bridgehead atoms. The first kappa shape index (κ1) is 11.9. The zero-order valence-corrected chi connectivity index (χ0v) is 9.20. The molecule has 5 heteroatoms. The maximum Gasteiger partial charge on any atom is 0.238 e. The van der Waals surface area contributed by atoms with E-state index in [0.717, 1.165) is 32.7 Å². The van der Waals surface area contributed by atoms with Gasteiger partial charge in [-0.2, -0.15) is 0 Å². The predicted molar refractivity (Wildman–Crippen MR) is 55.4 cm³/mol. The number of halogens is 1. The molecule has 0 aromatic heterocycles. The van der Waals surface area contributed by atoms with E-state index in [2.05, 4.69) is 9.80 Å². The highest BCUT2D eigenvalue weighted by Gasteiger charge is 2.23. The van der Waals surface area contributed by atoms with Crippen LogP contribution in [0.15, 0.2) is 0 Å². The number of rotatable bonds is 4. The van der Waals surface area contributed by atoms with E-state index in [1.807, 2.05) is 6.92 Å². The maximum absolute atomic E-state index is 10.9. The third-order valence-electron chi connectivity index (χ3n) is 2.70. The molecule has 0 radical (unpaired) electrons. The first-order valence-corrected chi connectivity index (χ1v) is 5.29. The average molecular weight is 221 g/mol. The van der Waals surface area contributed by atoms with Crippen molar-refractivity contribution in [3.05, 3.63) is 0 Å². The normalized spacial score (nSPS) is 22.2. The number of nitrogens with zero attached hydrogens (tertiary/aromatic N) is 2. The van der Waals surface area contributed by atoms with Crippen molar-refractivity contribution in [2.45, 2.75) is 13.0 Å². The van der Waals surface area contributed by atoms with Gasteiger partial charge in [0.15, 0.2) is 0 Å². The van der Waals surface area contributed by atoms with E-state index < -0.39 is 0 Å². The summed E-state index contributed by atoms with van der Waals surface area (Å²) < 4.78 is 0. The van der Waals surface area contributed by atoms with Crippen molar-refractivity contribution in [3.63, 3.8) is 0 Å². The number of carbonyl (C=O) groups is 1. The fourth-order valence-corrected chi connectivity index (χ4v) is 1.80. The molecule has 0 saturated carbocycles. The molecule has 82 valence electrons. The van der Waals surface area contributed by atoms with Crippen molar-refractivity contribution in [1.29, 1.82) is 0 Å². The van der Waals surface area contributed by atoms with Crippen LogP contribution in [0, 0.1) is 0 Å². The molecule has 0 aromatic rings. The van der Waals surface area contributed by atoms with Crippen LogP contribution in [0.25, 0.3) is 0 Å². The second-order valence-corrected chi connectivity index (χ2v) is 3.95. The largest absolute Gasteiger partial charge is 0.395 e. The number of hydrogen-bond donors (Lipinski definition) is 1. The molecule has 1 aliphatic rings. The van der Waals surface area contributed by atoms with Crippen LogP contribution in [0.5, 0.6) is 0 Å². The molecule has 1 heterocycles.